The third kappa shape index (κ3) is 5.19. The summed E-state index contributed by atoms with van der Waals surface area (Å²) in [4.78, 5) is 0. The Kier molecular flexibility index (Phi) is 6.21. The molecule has 0 aliphatic carbocycles. The molecule has 0 aliphatic heterocycles. The highest BCUT2D eigenvalue weighted by Crippen LogP contribution is 2.27. The number of aliphatic hydroxyl groups is 1. The highest BCUT2D eigenvalue weighted by atomic mass is 19.3. The number of hydrogen-bond donors (Lipinski definition) is 1. The van der Waals surface area contributed by atoms with Gasteiger partial charge in [-0.25, -0.2) is 8.78 Å². The second kappa shape index (κ2) is 6.30. The quantitative estimate of drug-likeness (QED) is 0.616. The van der Waals surface area contributed by atoms with Gasteiger partial charge in [-0.3, -0.25) is 0 Å². The smallest absolute Gasteiger partial charge is 0.273 e. The minimum Gasteiger partial charge on any atom is -0.387 e. The van der Waals surface area contributed by atoms with Crippen LogP contribution in [0, 0.1) is 0 Å². The molecule has 1 unspecified atom stereocenters. The van der Waals surface area contributed by atoms with E-state index in [4.69, 9.17) is 5.11 Å². The molecule has 0 aromatic carbocycles. The van der Waals surface area contributed by atoms with Crippen LogP contribution in [0.15, 0.2) is 0 Å². The Hall–Kier alpha value is -0.180. The van der Waals surface area contributed by atoms with Crippen molar-refractivity contribution in [1.82, 2.24) is 0 Å². The molecular weight excluding hydrogens is 174 g/mol. The fourth-order valence-electron chi connectivity index (χ4n) is 1.25. The number of rotatable bonds is 7. The van der Waals surface area contributed by atoms with E-state index in [-0.39, 0.29) is 12.8 Å². The van der Waals surface area contributed by atoms with Crippen molar-refractivity contribution >= 4 is 0 Å². The second-order valence-corrected chi connectivity index (χ2v) is 3.50. The third-order valence-corrected chi connectivity index (χ3v) is 2.24. The molecule has 0 heterocycles. The zero-order valence-corrected chi connectivity index (χ0v) is 8.52. The molecule has 1 nitrogen and oxygen atoms in total. The summed E-state index contributed by atoms with van der Waals surface area (Å²) < 4.78 is 26.0. The van der Waals surface area contributed by atoms with Gasteiger partial charge in [0.25, 0.3) is 5.92 Å². The molecule has 80 valence electrons. The van der Waals surface area contributed by atoms with Crippen molar-refractivity contribution in [1.29, 1.82) is 0 Å². The van der Waals surface area contributed by atoms with Gasteiger partial charge in [-0.1, -0.05) is 33.1 Å². The SMILES string of the molecule is CCCCCCC(F)(F)C(O)CC. The van der Waals surface area contributed by atoms with Gasteiger partial charge in [0.1, 0.15) is 6.10 Å². The molecule has 0 aliphatic rings. The van der Waals surface area contributed by atoms with Gasteiger partial charge >= 0.3 is 0 Å². The van der Waals surface area contributed by atoms with Crippen LogP contribution in [0.2, 0.25) is 0 Å². The maximum absolute atomic E-state index is 13.0. The molecule has 1 N–H and O–H groups in total. The van der Waals surface area contributed by atoms with Crippen LogP contribution in [0.5, 0.6) is 0 Å². The Morgan fingerprint density at radius 3 is 2.23 bits per heavy atom. The summed E-state index contributed by atoms with van der Waals surface area (Å²) in [5.74, 6) is -2.89. The molecular formula is C10H20F2O. The van der Waals surface area contributed by atoms with Gasteiger partial charge < -0.3 is 5.11 Å². The minimum atomic E-state index is -2.89. The van der Waals surface area contributed by atoms with Gasteiger partial charge in [-0.2, -0.15) is 0 Å². The van der Waals surface area contributed by atoms with Crippen molar-refractivity contribution in [3.8, 4) is 0 Å². The molecule has 0 saturated carbocycles. The number of unbranched alkanes of at least 4 members (excludes halogenated alkanes) is 3. The number of aliphatic hydroxyl groups excluding tert-OH is 1. The van der Waals surface area contributed by atoms with Crippen LogP contribution in [-0.4, -0.2) is 17.1 Å². The molecule has 0 saturated heterocycles. The lowest BCUT2D eigenvalue weighted by atomic mass is 10.0. The van der Waals surface area contributed by atoms with Gasteiger partial charge in [0, 0.05) is 6.42 Å². The Morgan fingerprint density at radius 2 is 1.77 bits per heavy atom. The molecule has 0 rings (SSSR count). The van der Waals surface area contributed by atoms with Crippen molar-refractivity contribution in [2.45, 2.75) is 64.4 Å². The molecule has 0 aromatic rings. The summed E-state index contributed by atoms with van der Waals surface area (Å²) in [6, 6.07) is 0. The maximum Gasteiger partial charge on any atom is 0.273 e. The maximum atomic E-state index is 13.0. The van der Waals surface area contributed by atoms with Crippen molar-refractivity contribution in [3.63, 3.8) is 0 Å². The van der Waals surface area contributed by atoms with E-state index < -0.39 is 12.0 Å². The standard InChI is InChI=1S/C10H20F2O/c1-3-5-6-7-8-10(11,12)9(13)4-2/h9,13H,3-8H2,1-2H3. The fraction of sp³-hybridized carbons (Fsp3) is 1.00. The minimum absolute atomic E-state index is 0.126. The summed E-state index contributed by atoms with van der Waals surface area (Å²) in [7, 11) is 0. The van der Waals surface area contributed by atoms with Crippen LogP contribution in [-0.2, 0) is 0 Å². The first-order valence-corrected chi connectivity index (χ1v) is 5.10. The van der Waals surface area contributed by atoms with E-state index in [1.165, 1.54) is 0 Å². The lowest BCUT2D eigenvalue weighted by Gasteiger charge is -2.21. The summed E-state index contributed by atoms with van der Waals surface area (Å²) in [5, 5.41) is 8.99. The van der Waals surface area contributed by atoms with Crippen LogP contribution in [0.4, 0.5) is 8.78 Å². The zero-order chi connectivity index (χ0) is 10.3. The van der Waals surface area contributed by atoms with Crippen LogP contribution in [0.1, 0.15) is 52.4 Å². The average molecular weight is 194 g/mol. The molecule has 0 amide bonds. The van der Waals surface area contributed by atoms with E-state index in [0.717, 1.165) is 19.3 Å². The monoisotopic (exact) mass is 194 g/mol. The van der Waals surface area contributed by atoms with Gasteiger partial charge in [0.15, 0.2) is 0 Å². The second-order valence-electron chi connectivity index (χ2n) is 3.50. The normalized spacial score (nSPS) is 14.5. The fourth-order valence-corrected chi connectivity index (χ4v) is 1.25. The highest BCUT2D eigenvalue weighted by molar-refractivity contribution is 4.74. The molecule has 0 bridgehead atoms. The molecule has 0 spiro atoms. The van der Waals surface area contributed by atoms with E-state index in [2.05, 4.69) is 0 Å². The van der Waals surface area contributed by atoms with Gasteiger partial charge in [-0.05, 0) is 12.8 Å². The number of alkyl halides is 2. The molecule has 13 heavy (non-hydrogen) atoms. The topological polar surface area (TPSA) is 20.2 Å². The Labute approximate surface area is 79.1 Å². The van der Waals surface area contributed by atoms with Crippen LogP contribution < -0.4 is 0 Å². The molecule has 3 heteroatoms. The lowest BCUT2D eigenvalue weighted by Crippen LogP contribution is -2.32. The van der Waals surface area contributed by atoms with E-state index in [9.17, 15) is 8.78 Å². The van der Waals surface area contributed by atoms with E-state index in [1.54, 1.807) is 6.92 Å². The zero-order valence-electron chi connectivity index (χ0n) is 8.52. The van der Waals surface area contributed by atoms with Gasteiger partial charge in [0.05, 0.1) is 0 Å². The van der Waals surface area contributed by atoms with Crippen molar-refractivity contribution in [3.05, 3.63) is 0 Å². The van der Waals surface area contributed by atoms with E-state index >= 15 is 0 Å². The van der Waals surface area contributed by atoms with Crippen molar-refractivity contribution < 1.29 is 13.9 Å². The number of hydrogen-bond acceptors (Lipinski definition) is 1. The van der Waals surface area contributed by atoms with Gasteiger partial charge in [0.2, 0.25) is 0 Å². The first-order valence-electron chi connectivity index (χ1n) is 5.10. The van der Waals surface area contributed by atoms with Crippen LogP contribution in [0.3, 0.4) is 0 Å². The largest absolute Gasteiger partial charge is 0.387 e. The van der Waals surface area contributed by atoms with Crippen LogP contribution >= 0.6 is 0 Å². The Bertz CT molecular complexity index is 126. The Morgan fingerprint density at radius 1 is 1.15 bits per heavy atom. The van der Waals surface area contributed by atoms with Crippen molar-refractivity contribution in [2.75, 3.05) is 0 Å². The molecule has 1 atom stereocenters. The number of halogens is 2. The van der Waals surface area contributed by atoms with E-state index in [1.807, 2.05) is 6.92 Å². The van der Waals surface area contributed by atoms with Gasteiger partial charge in [-0.15, -0.1) is 0 Å². The predicted molar refractivity (Wildman–Crippen MR) is 50.0 cm³/mol. The lowest BCUT2D eigenvalue weighted by molar-refractivity contribution is -0.115. The summed E-state index contributed by atoms with van der Waals surface area (Å²) in [5.41, 5.74) is 0. The first-order chi connectivity index (χ1) is 6.04. The molecule has 0 radical (unpaired) electrons. The van der Waals surface area contributed by atoms with E-state index in [0.29, 0.717) is 6.42 Å². The molecule has 0 aromatic heterocycles. The molecule has 0 fully saturated rings. The predicted octanol–water partition coefficient (Wildman–Crippen LogP) is 3.36. The van der Waals surface area contributed by atoms with Crippen molar-refractivity contribution in [2.24, 2.45) is 0 Å². The van der Waals surface area contributed by atoms with Crippen LogP contribution in [0.25, 0.3) is 0 Å². The average Bonchev–Trinajstić information content (AvgIpc) is 2.11. The summed E-state index contributed by atoms with van der Waals surface area (Å²) in [6.07, 6.45) is 1.87. The first kappa shape index (κ1) is 12.8. The highest BCUT2D eigenvalue weighted by Gasteiger charge is 2.35. The summed E-state index contributed by atoms with van der Waals surface area (Å²) >= 11 is 0. The summed E-state index contributed by atoms with van der Waals surface area (Å²) in [6.45, 7) is 3.61. The Balaban J connectivity index is 3.62. The third-order valence-electron chi connectivity index (χ3n) is 2.24.